The molecule has 1 aliphatic rings. The average molecular weight is 394 g/mol. The van der Waals surface area contributed by atoms with Gasteiger partial charge in [0, 0.05) is 48.8 Å². The Kier molecular flexibility index (Phi) is 5.35. The zero-order chi connectivity index (χ0) is 19.5. The zero-order valence-corrected chi connectivity index (χ0v) is 16.9. The summed E-state index contributed by atoms with van der Waals surface area (Å²) in [6.45, 7) is 7.81. The summed E-state index contributed by atoms with van der Waals surface area (Å²) in [5.41, 5.74) is 4.75. The van der Waals surface area contributed by atoms with Crippen LogP contribution in [0.5, 0.6) is 0 Å². The molecular weight excluding hydrogens is 370 g/mol. The number of benzene rings is 2. The standard InChI is InChI=1S/C22H24ClN5/c1-16-6-7-19(14-17(16)2)25-21-8-9-24-22(26-21)28-12-10-27(11-13-28)20-5-3-4-18(23)15-20/h3-9,14-15H,10-13H2,1-2H3,(H,24,25,26). The summed E-state index contributed by atoms with van der Waals surface area (Å²) in [5, 5.41) is 4.16. The predicted octanol–water partition coefficient (Wildman–Crippen LogP) is 4.82. The van der Waals surface area contributed by atoms with Crippen LogP contribution in [0.2, 0.25) is 5.02 Å². The van der Waals surface area contributed by atoms with Gasteiger partial charge in [0.05, 0.1) is 0 Å². The first-order valence-corrected chi connectivity index (χ1v) is 9.89. The SMILES string of the molecule is Cc1ccc(Nc2ccnc(N3CCN(c4cccc(Cl)c4)CC3)n2)cc1C. The molecule has 2 aromatic carbocycles. The van der Waals surface area contributed by atoms with Crippen LogP contribution in [-0.2, 0) is 0 Å². The second-order valence-corrected chi connectivity index (χ2v) is 7.56. The van der Waals surface area contributed by atoms with Gasteiger partial charge in [0.25, 0.3) is 0 Å². The zero-order valence-electron chi connectivity index (χ0n) is 16.2. The van der Waals surface area contributed by atoms with Crippen molar-refractivity contribution in [3.05, 3.63) is 70.9 Å². The minimum absolute atomic E-state index is 0.763. The molecule has 6 heteroatoms. The lowest BCUT2D eigenvalue weighted by Crippen LogP contribution is -2.47. The van der Waals surface area contributed by atoms with Gasteiger partial charge in [-0.15, -0.1) is 0 Å². The number of rotatable bonds is 4. The third-order valence-corrected chi connectivity index (χ3v) is 5.39. The lowest BCUT2D eigenvalue weighted by atomic mass is 10.1. The van der Waals surface area contributed by atoms with Gasteiger partial charge in [-0.2, -0.15) is 4.98 Å². The van der Waals surface area contributed by atoms with E-state index in [1.54, 1.807) is 0 Å². The van der Waals surface area contributed by atoms with Crippen molar-refractivity contribution in [3.63, 3.8) is 0 Å². The number of halogens is 1. The lowest BCUT2D eigenvalue weighted by Gasteiger charge is -2.36. The molecule has 1 N–H and O–H groups in total. The Morgan fingerprint density at radius 2 is 1.68 bits per heavy atom. The normalized spacial score (nSPS) is 14.2. The second kappa shape index (κ2) is 8.07. The first kappa shape index (κ1) is 18.6. The van der Waals surface area contributed by atoms with Crippen LogP contribution in [0.25, 0.3) is 0 Å². The van der Waals surface area contributed by atoms with E-state index < -0.39 is 0 Å². The topological polar surface area (TPSA) is 44.3 Å². The molecule has 0 saturated carbocycles. The summed E-state index contributed by atoms with van der Waals surface area (Å²) in [7, 11) is 0. The molecule has 0 atom stereocenters. The van der Waals surface area contributed by atoms with Crippen molar-refractivity contribution in [1.29, 1.82) is 0 Å². The Balaban J connectivity index is 1.43. The third-order valence-electron chi connectivity index (χ3n) is 5.16. The highest BCUT2D eigenvalue weighted by Crippen LogP contribution is 2.23. The van der Waals surface area contributed by atoms with E-state index in [1.807, 2.05) is 30.5 Å². The number of hydrogen-bond donors (Lipinski definition) is 1. The van der Waals surface area contributed by atoms with E-state index in [9.17, 15) is 0 Å². The molecule has 0 unspecified atom stereocenters. The molecule has 0 radical (unpaired) electrons. The van der Waals surface area contributed by atoms with Gasteiger partial charge >= 0.3 is 0 Å². The van der Waals surface area contributed by atoms with E-state index in [2.05, 4.69) is 58.2 Å². The third kappa shape index (κ3) is 4.20. The molecule has 0 aliphatic carbocycles. The molecule has 1 aliphatic heterocycles. The molecule has 3 aromatic rings. The highest BCUT2D eigenvalue weighted by Gasteiger charge is 2.19. The minimum Gasteiger partial charge on any atom is -0.368 e. The molecule has 1 saturated heterocycles. The molecular formula is C22H24ClN5. The number of hydrogen-bond acceptors (Lipinski definition) is 5. The summed E-state index contributed by atoms with van der Waals surface area (Å²) in [6.07, 6.45) is 1.81. The van der Waals surface area contributed by atoms with Crippen LogP contribution in [0.1, 0.15) is 11.1 Å². The van der Waals surface area contributed by atoms with E-state index in [4.69, 9.17) is 16.6 Å². The van der Waals surface area contributed by atoms with E-state index in [1.165, 1.54) is 16.8 Å². The predicted molar refractivity (Wildman–Crippen MR) is 117 cm³/mol. The van der Waals surface area contributed by atoms with Crippen molar-refractivity contribution >= 4 is 34.7 Å². The van der Waals surface area contributed by atoms with Gasteiger partial charge in [0.1, 0.15) is 5.82 Å². The van der Waals surface area contributed by atoms with Crippen molar-refractivity contribution in [2.24, 2.45) is 0 Å². The summed E-state index contributed by atoms with van der Waals surface area (Å²) in [5.74, 6) is 1.57. The van der Waals surface area contributed by atoms with Gasteiger partial charge < -0.3 is 15.1 Å². The van der Waals surface area contributed by atoms with Crippen LogP contribution in [0.4, 0.5) is 23.1 Å². The van der Waals surface area contributed by atoms with E-state index in [0.717, 1.165) is 48.7 Å². The van der Waals surface area contributed by atoms with Gasteiger partial charge in [-0.1, -0.05) is 23.7 Å². The Morgan fingerprint density at radius 3 is 2.43 bits per heavy atom. The Bertz CT molecular complexity index is 967. The van der Waals surface area contributed by atoms with Crippen LogP contribution in [-0.4, -0.2) is 36.1 Å². The monoisotopic (exact) mass is 393 g/mol. The first-order chi connectivity index (χ1) is 13.6. The largest absolute Gasteiger partial charge is 0.368 e. The Labute approximate surface area is 171 Å². The van der Waals surface area contributed by atoms with E-state index in [-0.39, 0.29) is 0 Å². The number of nitrogens with zero attached hydrogens (tertiary/aromatic N) is 4. The molecule has 1 aromatic heterocycles. The van der Waals surface area contributed by atoms with Crippen LogP contribution in [0.15, 0.2) is 54.7 Å². The summed E-state index contributed by atoms with van der Waals surface area (Å²) >= 11 is 6.13. The number of piperazine rings is 1. The highest BCUT2D eigenvalue weighted by molar-refractivity contribution is 6.30. The maximum absolute atomic E-state index is 6.13. The minimum atomic E-state index is 0.763. The number of aromatic nitrogens is 2. The maximum Gasteiger partial charge on any atom is 0.227 e. The molecule has 2 heterocycles. The summed E-state index contributed by atoms with van der Waals surface area (Å²) < 4.78 is 0. The van der Waals surface area contributed by atoms with Crippen molar-refractivity contribution in [2.45, 2.75) is 13.8 Å². The fourth-order valence-corrected chi connectivity index (χ4v) is 3.56. The Morgan fingerprint density at radius 1 is 0.893 bits per heavy atom. The van der Waals surface area contributed by atoms with Crippen molar-refractivity contribution in [2.75, 3.05) is 41.3 Å². The van der Waals surface area contributed by atoms with Gasteiger partial charge in [0.2, 0.25) is 5.95 Å². The van der Waals surface area contributed by atoms with E-state index >= 15 is 0 Å². The van der Waals surface area contributed by atoms with Crippen LogP contribution >= 0.6 is 11.6 Å². The summed E-state index contributed by atoms with van der Waals surface area (Å²) in [6, 6.07) is 16.3. The molecule has 144 valence electrons. The maximum atomic E-state index is 6.13. The molecule has 0 spiro atoms. The lowest BCUT2D eigenvalue weighted by molar-refractivity contribution is 0.640. The first-order valence-electron chi connectivity index (χ1n) is 9.51. The molecule has 28 heavy (non-hydrogen) atoms. The molecule has 0 bridgehead atoms. The van der Waals surface area contributed by atoms with Crippen LogP contribution in [0, 0.1) is 13.8 Å². The van der Waals surface area contributed by atoms with Gasteiger partial charge in [0.15, 0.2) is 0 Å². The smallest absolute Gasteiger partial charge is 0.227 e. The number of aryl methyl sites for hydroxylation is 2. The average Bonchev–Trinajstić information content (AvgIpc) is 2.71. The molecule has 4 rings (SSSR count). The quantitative estimate of drug-likeness (QED) is 0.688. The number of anilines is 4. The number of nitrogens with one attached hydrogen (secondary N) is 1. The Hall–Kier alpha value is -2.79. The molecule has 1 fully saturated rings. The second-order valence-electron chi connectivity index (χ2n) is 7.12. The molecule has 0 amide bonds. The fourth-order valence-electron chi connectivity index (χ4n) is 3.37. The van der Waals surface area contributed by atoms with Gasteiger partial charge in [-0.3, -0.25) is 0 Å². The van der Waals surface area contributed by atoms with Crippen molar-refractivity contribution < 1.29 is 0 Å². The van der Waals surface area contributed by atoms with Gasteiger partial charge in [-0.25, -0.2) is 4.98 Å². The van der Waals surface area contributed by atoms with Crippen molar-refractivity contribution in [1.82, 2.24) is 9.97 Å². The fraction of sp³-hybridized carbons (Fsp3) is 0.273. The van der Waals surface area contributed by atoms with Crippen LogP contribution < -0.4 is 15.1 Å². The molecule has 5 nitrogen and oxygen atoms in total. The highest BCUT2D eigenvalue weighted by atomic mass is 35.5. The summed E-state index contributed by atoms with van der Waals surface area (Å²) in [4.78, 5) is 13.8. The van der Waals surface area contributed by atoms with E-state index in [0.29, 0.717) is 0 Å². The van der Waals surface area contributed by atoms with Crippen molar-refractivity contribution in [3.8, 4) is 0 Å². The van der Waals surface area contributed by atoms with Gasteiger partial charge in [-0.05, 0) is 61.4 Å². The van der Waals surface area contributed by atoms with Crippen LogP contribution in [0.3, 0.4) is 0 Å².